The first-order valence-electron chi connectivity index (χ1n) is 10.1. The van der Waals surface area contributed by atoms with Gasteiger partial charge >= 0.3 is 5.69 Å². The minimum Gasteiger partial charge on any atom is -0.494 e. The summed E-state index contributed by atoms with van der Waals surface area (Å²) in [6, 6.07) is 24.4. The molecule has 2 N–H and O–H groups in total. The van der Waals surface area contributed by atoms with Crippen LogP contribution >= 0.6 is 0 Å². The maximum absolute atomic E-state index is 12.7. The van der Waals surface area contributed by atoms with Gasteiger partial charge in [-0.2, -0.15) is 0 Å². The van der Waals surface area contributed by atoms with Gasteiger partial charge in [-0.25, -0.2) is 14.4 Å². The molecule has 4 aromatic rings. The SMILES string of the molecule is Cc1cccc(-n2c(O)c(C=C3C(c4ccccc4)=Nc4ccccc43)c(=O)[nH]c2=O)c1. The highest BCUT2D eigenvalue weighted by Gasteiger charge is 2.24. The quantitative estimate of drug-likeness (QED) is 0.519. The number of rotatable bonds is 3. The highest BCUT2D eigenvalue weighted by atomic mass is 16.3. The molecule has 0 atom stereocenters. The molecule has 1 aliphatic rings. The van der Waals surface area contributed by atoms with Gasteiger partial charge in [0, 0.05) is 16.7 Å². The zero-order chi connectivity index (χ0) is 22.2. The van der Waals surface area contributed by atoms with E-state index < -0.39 is 17.1 Å². The Bertz CT molecular complexity index is 1530. The van der Waals surface area contributed by atoms with Crippen LogP contribution in [0.2, 0.25) is 0 Å². The fourth-order valence-corrected chi connectivity index (χ4v) is 3.89. The van der Waals surface area contributed by atoms with Crippen LogP contribution in [0, 0.1) is 6.92 Å². The lowest BCUT2D eigenvalue weighted by atomic mass is 9.96. The van der Waals surface area contributed by atoms with Crippen LogP contribution < -0.4 is 11.2 Å². The molecule has 0 aliphatic carbocycles. The average molecular weight is 421 g/mol. The van der Waals surface area contributed by atoms with E-state index in [-0.39, 0.29) is 5.56 Å². The van der Waals surface area contributed by atoms with E-state index in [9.17, 15) is 14.7 Å². The van der Waals surface area contributed by atoms with Gasteiger partial charge in [-0.3, -0.25) is 9.78 Å². The number of fused-ring (bicyclic) bond motifs is 1. The van der Waals surface area contributed by atoms with E-state index >= 15 is 0 Å². The van der Waals surface area contributed by atoms with Gasteiger partial charge in [0.25, 0.3) is 5.56 Å². The second-order valence-corrected chi connectivity index (χ2v) is 7.57. The Balaban J connectivity index is 1.75. The fourth-order valence-electron chi connectivity index (χ4n) is 3.89. The highest BCUT2D eigenvalue weighted by molar-refractivity contribution is 6.39. The molecule has 0 saturated carbocycles. The molecule has 1 aliphatic heterocycles. The number of benzene rings is 3. The van der Waals surface area contributed by atoms with Gasteiger partial charge in [0.15, 0.2) is 0 Å². The Morgan fingerprint density at radius 1 is 0.938 bits per heavy atom. The second-order valence-electron chi connectivity index (χ2n) is 7.57. The van der Waals surface area contributed by atoms with Crippen molar-refractivity contribution in [3.63, 3.8) is 0 Å². The topological polar surface area (TPSA) is 87.4 Å². The molecule has 32 heavy (non-hydrogen) atoms. The van der Waals surface area contributed by atoms with Crippen LogP contribution in [0.5, 0.6) is 5.88 Å². The Morgan fingerprint density at radius 2 is 1.69 bits per heavy atom. The van der Waals surface area contributed by atoms with Gasteiger partial charge in [-0.1, -0.05) is 60.7 Å². The Labute approximate surface area is 183 Å². The number of nitrogens with zero attached hydrogens (tertiary/aromatic N) is 2. The van der Waals surface area contributed by atoms with E-state index in [2.05, 4.69) is 4.98 Å². The van der Waals surface area contributed by atoms with E-state index in [1.165, 1.54) is 0 Å². The van der Waals surface area contributed by atoms with Crippen molar-refractivity contribution < 1.29 is 5.11 Å². The van der Waals surface area contributed by atoms with Crippen molar-refractivity contribution in [3.8, 4) is 11.6 Å². The summed E-state index contributed by atoms with van der Waals surface area (Å²) in [5.41, 5.74) is 3.90. The lowest BCUT2D eigenvalue weighted by Gasteiger charge is -2.12. The first-order chi connectivity index (χ1) is 15.5. The molecule has 0 radical (unpaired) electrons. The summed E-state index contributed by atoms with van der Waals surface area (Å²) in [5.74, 6) is -0.423. The van der Waals surface area contributed by atoms with Crippen LogP contribution in [0.3, 0.4) is 0 Å². The maximum atomic E-state index is 12.7. The molecule has 0 unspecified atom stereocenters. The molecule has 0 saturated heterocycles. The molecule has 6 nitrogen and oxygen atoms in total. The van der Waals surface area contributed by atoms with Gasteiger partial charge in [0.1, 0.15) is 5.56 Å². The number of hydrogen-bond acceptors (Lipinski definition) is 4. The van der Waals surface area contributed by atoms with Crippen LogP contribution in [0.4, 0.5) is 5.69 Å². The zero-order valence-electron chi connectivity index (χ0n) is 17.2. The van der Waals surface area contributed by atoms with Gasteiger partial charge in [0.05, 0.1) is 17.1 Å². The summed E-state index contributed by atoms with van der Waals surface area (Å²) in [6.45, 7) is 1.89. The van der Waals surface area contributed by atoms with Gasteiger partial charge in [0.2, 0.25) is 5.88 Å². The lowest BCUT2D eigenvalue weighted by molar-refractivity contribution is 0.429. The standard InChI is InChI=1S/C26H19N3O3/c1-16-8-7-11-18(14-16)29-25(31)21(24(30)28-26(29)32)15-20-19-12-5-6-13-22(19)27-23(20)17-9-3-2-4-10-17/h2-15,31H,1H3,(H,28,30,32). The first-order valence-corrected chi connectivity index (χ1v) is 10.1. The van der Waals surface area contributed by atoms with Crippen molar-refractivity contribution >= 4 is 23.0 Å². The largest absolute Gasteiger partial charge is 0.494 e. The van der Waals surface area contributed by atoms with Crippen molar-refractivity contribution in [1.82, 2.24) is 9.55 Å². The molecule has 0 amide bonds. The summed E-state index contributed by atoms with van der Waals surface area (Å²) in [7, 11) is 0. The molecule has 156 valence electrons. The number of aromatic nitrogens is 2. The number of allylic oxidation sites excluding steroid dienone is 1. The number of aromatic hydroxyl groups is 1. The third-order valence-corrected chi connectivity index (χ3v) is 5.40. The van der Waals surface area contributed by atoms with Gasteiger partial charge in [-0.15, -0.1) is 0 Å². The molecular formula is C26H19N3O3. The number of H-pyrrole nitrogens is 1. The average Bonchev–Trinajstić information content (AvgIpc) is 3.15. The van der Waals surface area contributed by atoms with Crippen LogP contribution in [-0.4, -0.2) is 20.4 Å². The third-order valence-electron chi connectivity index (χ3n) is 5.40. The monoisotopic (exact) mass is 421 g/mol. The smallest absolute Gasteiger partial charge is 0.335 e. The summed E-state index contributed by atoms with van der Waals surface area (Å²) in [5, 5.41) is 11.0. The van der Waals surface area contributed by atoms with Crippen LogP contribution in [0.1, 0.15) is 22.3 Å². The van der Waals surface area contributed by atoms with Crippen molar-refractivity contribution in [2.75, 3.05) is 0 Å². The number of aromatic amines is 1. The van der Waals surface area contributed by atoms with Crippen molar-refractivity contribution in [2.24, 2.45) is 4.99 Å². The molecule has 0 spiro atoms. The Kier molecular flexibility index (Phi) is 4.67. The minimum absolute atomic E-state index is 0.0126. The van der Waals surface area contributed by atoms with Crippen LogP contribution in [0.15, 0.2) is 93.4 Å². The van der Waals surface area contributed by atoms with E-state index in [0.29, 0.717) is 17.0 Å². The number of aliphatic imine (C=N–C) groups is 1. The molecule has 1 aromatic heterocycles. The number of para-hydroxylation sites is 1. The van der Waals surface area contributed by atoms with E-state index in [1.807, 2.05) is 67.6 Å². The van der Waals surface area contributed by atoms with E-state index in [0.717, 1.165) is 26.9 Å². The van der Waals surface area contributed by atoms with Crippen molar-refractivity contribution in [2.45, 2.75) is 6.92 Å². The van der Waals surface area contributed by atoms with Crippen molar-refractivity contribution in [1.29, 1.82) is 0 Å². The van der Waals surface area contributed by atoms with Crippen LogP contribution in [-0.2, 0) is 0 Å². The van der Waals surface area contributed by atoms with Crippen molar-refractivity contribution in [3.05, 3.63) is 122 Å². The third kappa shape index (κ3) is 3.28. The normalized spacial score (nSPS) is 13.8. The molecule has 3 aromatic carbocycles. The first kappa shape index (κ1) is 19.5. The molecule has 5 rings (SSSR count). The second kappa shape index (κ2) is 7.67. The number of aryl methyl sites for hydroxylation is 1. The zero-order valence-corrected chi connectivity index (χ0v) is 17.2. The number of hydrogen-bond donors (Lipinski definition) is 2. The fraction of sp³-hybridized carbons (Fsp3) is 0.0385. The maximum Gasteiger partial charge on any atom is 0.335 e. The summed E-state index contributed by atoms with van der Waals surface area (Å²) < 4.78 is 1.10. The molecule has 6 heteroatoms. The molecule has 0 bridgehead atoms. The Hall–Kier alpha value is -4.45. The molecule has 2 heterocycles. The molecular weight excluding hydrogens is 402 g/mol. The van der Waals surface area contributed by atoms with Gasteiger partial charge in [-0.05, 0) is 36.8 Å². The van der Waals surface area contributed by atoms with E-state index in [1.54, 1.807) is 24.3 Å². The predicted molar refractivity (Wildman–Crippen MR) is 126 cm³/mol. The van der Waals surface area contributed by atoms with E-state index in [4.69, 9.17) is 4.99 Å². The van der Waals surface area contributed by atoms with Gasteiger partial charge < -0.3 is 5.11 Å². The highest BCUT2D eigenvalue weighted by Crippen LogP contribution is 2.38. The number of nitrogens with one attached hydrogen (secondary N) is 1. The summed E-state index contributed by atoms with van der Waals surface area (Å²) in [6.07, 6.45) is 1.59. The summed E-state index contributed by atoms with van der Waals surface area (Å²) in [4.78, 5) is 32.4. The molecule has 0 fully saturated rings. The Morgan fingerprint density at radius 3 is 2.47 bits per heavy atom. The minimum atomic E-state index is -0.705. The lowest BCUT2D eigenvalue weighted by Crippen LogP contribution is -2.30. The summed E-state index contributed by atoms with van der Waals surface area (Å²) >= 11 is 0. The van der Waals surface area contributed by atoms with Crippen LogP contribution in [0.25, 0.3) is 17.3 Å². The predicted octanol–water partition coefficient (Wildman–Crippen LogP) is 4.21.